The monoisotopic (exact) mass is 553 g/mol. The predicted octanol–water partition coefficient (Wildman–Crippen LogP) is 4.18. The first-order valence-corrected chi connectivity index (χ1v) is 13.8. The van der Waals surface area contributed by atoms with Crippen molar-refractivity contribution in [2.24, 2.45) is 12.5 Å². The molecule has 212 valence electrons. The van der Waals surface area contributed by atoms with Crippen molar-refractivity contribution in [2.75, 3.05) is 22.5 Å². The van der Waals surface area contributed by atoms with Gasteiger partial charge in [-0.25, -0.2) is 9.97 Å². The Balaban J connectivity index is 1.38. The summed E-state index contributed by atoms with van der Waals surface area (Å²) in [7, 11) is 1.69. The number of fused-ring (bicyclic) bond motifs is 3. The molecule has 0 fully saturated rings. The average molecular weight is 554 g/mol. The van der Waals surface area contributed by atoms with Crippen molar-refractivity contribution in [3.05, 3.63) is 81.7 Å². The summed E-state index contributed by atoms with van der Waals surface area (Å²) >= 11 is 0. The minimum atomic E-state index is -0.380. The minimum absolute atomic E-state index is 0.0402. The molecule has 10 nitrogen and oxygen atoms in total. The molecular formula is C31H35N7O3. The quantitative estimate of drug-likeness (QED) is 0.270. The van der Waals surface area contributed by atoms with Gasteiger partial charge in [-0.2, -0.15) is 0 Å². The average Bonchev–Trinajstić information content (AvgIpc) is 3.40. The molecule has 2 aliphatic rings. The lowest BCUT2D eigenvalue weighted by Crippen LogP contribution is -2.35. The Morgan fingerprint density at radius 1 is 1.17 bits per heavy atom. The van der Waals surface area contributed by atoms with E-state index >= 15 is 0 Å². The van der Waals surface area contributed by atoms with Crippen LogP contribution in [0, 0.1) is 5.41 Å². The summed E-state index contributed by atoms with van der Waals surface area (Å²) in [5, 5.41) is 3.11. The highest BCUT2D eigenvalue weighted by molar-refractivity contribution is 5.72. The maximum absolute atomic E-state index is 13.0. The van der Waals surface area contributed by atoms with E-state index in [-0.39, 0.29) is 24.0 Å². The fourth-order valence-corrected chi connectivity index (χ4v) is 6.07. The summed E-state index contributed by atoms with van der Waals surface area (Å²) in [6, 6.07) is 11.3. The second-order valence-corrected chi connectivity index (χ2v) is 11.8. The molecule has 1 aromatic carbocycles. The Bertz CT molecular complexity index is 1720. The molecule has 0 saturated carbocycles. The van der Waals surface area contributed by atoms with Crippen LogP contribution in [0.25, 0.3) is 11.3 Å². The Morgan fingerprint density at radius 2 is 2.00 bits per heavy atom. The number of ether oxygens (including phenoxy) is 1. The zero-order chi connectivity index (χ0) is 28.9. The Morgan fingerprint density at radius 3 is 2.78 bits per heavy atom. The van der Waals surface area contributed by atoms with Gasteiger partial charge in [-0.3, -0.25) is 9.59 Å². The number of carbonyl (C=O) groups is 1. The number of nitrogens with two attached hydrogens (primary N) is 1. The van der Waals surface area contributed by atoms with Crippen molar-refractivity contribution in [1.29, 1.82) is 0 Å². The van der Waals surface area contributed by atoms with Crippen LogP contribution < -0.4 is 21.5 Å². The fourth-order valence-electron chi connectivity index (χ4n) is 6.07. The summed E-state index contributed by atoms with van der Waals surface area (Å²) in [5.41, 5.74) is 13.4. The zero-order valence-corrected chi connectivity index (χ0v) is 23.9. The van der Waals surface area contributed by atoms with Crippen molar-refractivity contribution in [1.82, 2.24) is 19.1 Å². The van der Waals surface area contributed by atoms with E-state index in [4.69, 9.17) is 20.4 Å². The minimum Gasteiger partial charge on any atom is -0.461 e. The van der Waals surface area contributed by atoms with Gasteiger partial charge in [-0.05, 0) is 54.2 Å². The van der Waals surface area contributed by atoms with Crippen LogP contribution in [0.4, 0.5) is 23.0 Å². The number of nitrogens with zero attached hydrogens (tertiary/aromatic N) is 5. The number of hydrogen-bond acceptors (Lipinski definition) is 8. The maximum atomic E-state index is 13.0. The maximum Gasteiger partial charge on any atom is 0.302 e. The Labute approximate surface area is 238 Å². The number of anilines is 4. The van der Waals surface area contributed by atoms with Crippen LogP contribution in [0.15, 0.2) is 53.6 Å². The van der Waals surface area contributed by atoms with Gasteiger partial charge < -0.3 is 29.8 Å². The molecule has 41 heavy (non-hydrogen) atoms. The Hall–Kier alpha value is -4.60. The lowest BCUT2D eigenvalue weighted by Gasteiger charge is -2.32. The first-order chi connectivity index (χ1) is 19.6. The lowest BCUT2D eigenvalue weighted by atomic mass is 9.90. The van der Waals surface area contributed by atoms with E-state index in [1.807, 2.05) is 18.2 Å². The molecule has 3 aromatic heterocycles. The van der Waals surface area contributed by atoms with Gasteiger partial charge in [0.15, 0.2) is 5.82 Å². The molecule has 1 aliphatic carbocycles. The number of rotatable bonds is 6. The molecule has 0 spiro atoms. The summed E-state index contributed by atoms with van der Waals surface area (Å²) in [5.74, 6) is 0.535. The highest BCUT2D eigenvalue weighted by atomic mass is 16.5. The number of benzene rings is 1. The topological polar surface area (TPSA) is 120 Å². The number of esters is 1. The third kappa shape index (κ3) is 5.17. The molecule has 0 bridgehead atoms. The van der Waals surface area contributed by atoms with Gasteiger partial charge in [0, 0.05) is 73.3 Å². The molecule has 3 N–H and O–H groups in total. The molecule has 4 aromatic rings. The van der Waals surface area contributed by atoms with Gasteiger partial charge >= 0.3 is 5.97 Å². The first-order valence-electron chi connectivity index (χ1n) is 13.8. The summed E-state index contributed by atoms with van der Waals surface area (Å²) < 4.78 is 9.48. The first kappa shape index (κ1) is 26.6. The molecular weight excluding hydrogens is 518 g/mol. The van der Waals surface area contributed by atoms with Gasteiger partial charge in [0.25, 0.3) is 5.56 Å². The Kier molecular flexibility index (Phi) is 6.56. The third-order valence-electron chi connectivity index (χ3n) is 7.89. The number of pyridine rings is 1. The molecule has 0 saturated heterocycles. The van der Waals surface area contributed by atoms with E-state index in [1.165, 1.54) is 28.4 Å². The fraction of sp³-hybridized carbons (Fsp3) is 0.355. The number of aromatic nitrogens is 4. The zero-order valence-electron chi connectivity index (χ0n) is 23.9. The number of nitrogens with one attached hydrogen (secondary N) is 1. The van der Waals surface area contributed by atoms with E-state index in [2.05, 4.69) is 34.7 Å². The highest BCUT2D eigenvalue weighted by Crippen LogP contribution is 2.40. The van der Waals surface area contributed by atoms with Crippen molar-refractivity contribution in [3.8, 4) is 11.3 Å². The lowest BCUT2D eigenvalue weighted by molar-refractivity contribution is -0.142. The van der Waals surface area contributed by atoms with Crippen molar-refractivity contribution in [2.45, 2.75) is 53.3 Å². The SMILES string of the molecule is CC(=O)OCc1c(-c2cn(C)c(=O)c(Nc3cccc(N)c3)n2)ccnc1N1CCn2c(cc3c2CC(C)(C)C3)C1. The summed E-state index contributed by atoms with van der Waals surface area (Å²) in [4.78, 5) is 36.6. The molecule has 6 rings (SSSR count). The van der Waals surface area contributed by atoms with Crippen molar-refractivity contribution in [3.63, 3.8) is 0 Å². The van der Waals surface area contributed by atoms with E-state index in [0.717, 1.165) is 42.9 Å². The van der Waals surface area contributed by atoms with Gasteiger partial charge in [0.2, 0.25) is 0 Å². The number of carbonyl (C=O) groups excluding carboxylic acids is 1. The number of hydrogen-bond donors (Lipinski definition) is 2. The van der Waals surface area contributed by atoms with Crippen LogP contribution in [0.3, 0.4) is 0 Å². The molecule has 0 atom stereocenters. The van der Waals surface area contributed by atoms with E-state index < -0.39 is 0 Å². The molecule has 1 aliphatic heterocycles. The number of aryl methyl sites for hydroxylation is 1. The predicted molar refractivity (Wildman–Crippen MR) is 159 cm³/mol. The molecule has 10 heteroatoms. The largest absolute Gasteiger partial charge is 0.461 e. The van der Waals surface area contributed by atoms with Gasteiger partial charge in [0.1, 0.15) is 12.4 Å². The molecule has 0 amide bonds. The number of nitrogen functional groups attached to an aromatic ring is 1. The van der Waals surface area contributed by atoms with Gasteiger partial charge in [0.05, 0.1) is 12.2 Å². The summed E-state index contributed by atoms with van der Waals surface area (Å²) in [6.45, 7) is 8.45. The smallest absolute Gasteiger partial charge is 0.302 e. The highest BCUT2D eigenvalue weighted by Gasteiger charge is 2.34. The van der Waals surface area contributed by atoms with E-state index in [9.17, 15) is 9.59 Å². The van der Waals surface area contributed by atoms with Crippen LogP contribution in [0.5, 0.6) is 0 Å². The standard InChI is InChI=1S/C31H35N7O3/c1-19(39)41-18-25-24(26-17-36(4)30(40)28(35-26)34-22-7-5-6-21(32)13-22)8-9-33-29(25)37-10-11-38-23(16-37)12-20-14-31(2,3)15-27(20)38/h5-9,12-13,17H,10-11,14-16,18,32H2,1-4H3,(H,34,35). The van der Waals surface area contributed by atoms with E-state index in [0.29, 0.717) is 29.0 Å². The summed E-state index contributed by atoms with van der Waals surface area (Å²) in [6.07, 6.45) is 5.63. The second-order valence-electron chi connectivity index (χ2n) is 11.8. The van der Waals surface area contributed by atoms with Crippen LogP contribution >= 0.6 is 0 Å². The van der Waals surface area contributed by atoms with Gasteiger partial charge in [-0.1, -0.05) is 19.9 Å². The van der Waals surface area contributed by atoms with Crippen LogP contribution in [0.1, 0.15) is 43.3 Å². The van der Waals surface area contributed by atoms with Gasteiger partial charge in [-0.15, -0.1) is 0 Å². The van der Waals surface area contributed by atoms with Crippen LogP contribution in [-0.2, 0) is 49.1 Å². The van der Waals surface area contributed by atoms with Crippen molar-refractivity contribution >= 4 is 29.0 Å². The molecule has 0 radical (unpaired) electrons. The van der Waals surface area contributed by atoms with Crippen molar-refractivity contribution < 1.29 is 9.53 Å². The van der Waals surface area contributed by atoms with Crippen LogP contribution in [0.2, 0.25) is 0 Å². The van der Waals surface area contributed by atoms with E-state index in [1.54, 1.807) is 31.6 Å². The molecule has 4 heterocycles. The second kappa shape index (κ2) is 10.1. The van der Waals surface area contributed by atoms with Crippen LogP contribution in [-0.4, -0.2) is 31.6 Å². The molecule has 0 unspecified atom stereocenters. The third-order valence-corrected chi connectivity index (χ3v) is 7.89. The normalized spacial score (nSPS) is 15.4.